The Morgan fingerprint density at radius 1 is 1.14 bits per heavy atom. The number of likely N-dealkylation sites (tertiary alicyclic amines) is 1. The van der Waals surface area contributed by atoms with Crippen LogP contribution in [-0.4, -0.2) is 44.9 Å². The summed E-state index contributed by atoms with van der Waals surface area (Å²) >= 11 is 0. The van der Waals surface area contributed by atoms with E-state index in [0.29, 0.717) is 34.3 Å². The molecule has 5 rings (SSSR count). The smallest absolute Gasteiger partial charge is 0.248 e. The van der Waals surface area contributed by atoms with Gasteiger partial charge in [0, 0.05) is 55.8 Å². The summed E-state index contributed by atoms with van der Waals surface area (Å²) in [7, 11) is 0. The van der Waals surface area contributed by atoms with E-state index in [1.54, 1.807) is 30.5 Å². The molecule has 0 unspecified atom stereocenters. The molecule has 10 heteroatoms. The van der Waals surface area contributed by atoms with E-state index >= 15 is 0 Å². The zero-order valence-electron chi connectivity index (χ0n) is 24.0. The molecule has 0 saturated carbocycles. The van der Waals surface area contributed by atoms with Crippen molar-refractivity contribution < 1.29 is 13.9 Å². The van der Waals surface area contributed by atoms with Crippen LogP contribution in [-0.2, 0) is 6.54 Å². The first kappa shape index (κ1) is 29.4. The second-order valence-corrected chi connectivity index (χ2v) is 10.6. The van der Waals surface area contributed by atoms with Crippen LogP contribution in [0.3, 0.4) is 0 Å². The zero-order chi connectivity index (χ0) is 30.3. The van der Waals surface area contributed by atoms with Crippen molar-refractivity contribution in [2.75, 3.05) is 18.4 Å². The molecule has 4 aromatic rings. The standard InChI is InChI=1S/C33H32FN7O2/c1-21-16-24(4-3-12-35)17-22(2)30(21)43-32-28(26-9-13-37-29(34)18-26)19-38-33(40-32)39-27-10-14-41(15-11-27)20-23-5-7-25(8-6-23)31(36)42/h3-9,13,16-19,27H,10-11,14-15,20H2,1-2H3,(H2,36,42)(H,38,39,40)/b4-3+. The molecule has 0 radical (unpaired) electrons. The normalized spacial score (nSPS) is 14.0. The Hall–Kier alpha value is -5.14. The summed E-state index contributed by atoms with van der Waals surface area (Å²) in [6.07, 6.45) is 8.00. The van der Waals surface area contributed by atoms with Gasteiger partial charge in [-0.25, -0.2) is 9.97 Å². The van der Waals surface area contributed by atoms with E-state index < -0.39 is 11.9 Å². The maximum absolute atomic E-state index is 14.0. The lowest BCUT2D eigenvalue weighted by atomic mass is 10.0. The van der Waals surface area contributed by atoms with Gasteiger partial charge in [-0.2, -0.15) is 14.6 Å². The largest absolute Gasteiger partial charge is 0.438 e. The van der Waals surface area contributed by atoms with Crippen LogP contribution >= 0.6 is 0 Å². The number of amides is 1. The Morgan fingerprint density at radius 3 is 2.51 bits per heavy atom. The molecule has 1 amide bonds. The molecule has 2 aromatic heterocycles. The fourth-order valence-electron chi connectivity index (χ4n) is 5.20. The van der Waals surface area contributed by atoms with Gasteiger partial charge >= 0.3 is 0 Å². The first-order chi connectivity index (χ1) is 20.8. The SMILES string of the molecule is Cc1cc(/C=C/C#N)cc(C)c1Oc1nc(NC2CCN(Cc3ccc(C(N)=O)cc3)CC2)ncc1-c1ccnc(F)c1. The minimum absolute atomic E-state index is 0.167. The van der Waals surface area contributed by atoms with Gasteiger partial charge in [0.05, 0.1) is 11.6 Å². The third-order valence-corrected chi connectivity index (χ3v) is 7.39. The van der Waals surface area contributed by atoms with Gasteiger partial charge in [0.1, 0.15) is 5.75 Å². The zero-order valence-corrected chi connectivity index (χ0v) is 24.0. The number of primary amides is 1. The highest BCUT2D eigenvalue weighted by Gasteiger charge is 2.22. The summed E-state index contributed by atoms with van der Waals surface area (Å²) in [5, 5.41) is 12.3. The molecular formula is C33H32FN7O2. The highest BCUT2D eigenvalue weighted by Crippen LogP contribution is 2.36. The molecule has 218 valence electrons. The number of aryl methyl sites for hydroxylation is 2. The van der Waals surface area contributed by atoms with Crippen molar-refractivity contribution in [2.24, 2.45) is 5.73 Å². The lowest BCUT2D eigenvalue weighted by Crippen LogP contribution is -2.39. The summed E-state index contributed by atoms with van der Waals surface area (Å²) in [4.78, 5) is 26.7. The number of nitrogens with one attached hydrogen (secondary N) is 1. The van der Waals surface area contributed by atoms with E-state index in [4.69, 9.17) is 20.7 Å². The van der Waals surface area contributed by atoms with Crippen molar-refractivity contribution >= 4 is 17.9 Å². The Balaban J connectivity index is 1.32. The van der Waals surface area contributed by atoms with Gasteiger partial charge in [-0.1, -0.05) is 12.1 Å². The molecule has 1 aliphatic heterocycles. The number of aromatic nitrogens is 3. The van der Waals surface area contributed by atoms with Gasteiger partial charge in [-0.05, 0) is 90.9 Å². The quantitative estimate of drug-likeness (QED) is 0.189. The molecule has 0 atom stereocenters. The average molecular weight is 578 g/mol. The Labute approximate surface area is 249 Å². The number of benzene rings is 2. The lowest BCUT2D eigenvalue weighted by Gasteiger charge is -2.32. The predicted octanol–water partition coefficient (Wildman–Crippen LogP) is 5.80. The topological polar surface area (TPSA) is 130 Å². The molecule has 2 aromatic carbocycles. The number of nitrogens with two attached hydrogens (primary N) is 1. The van der Waals surface area contributed by atoms with E-state index in [-0.39, 0.29) is 6.04 Å². The summed E-state index contributed by atoms with van der Waals surface area (Å²) in [5.74, 6) is 0.320. The van der Waals surface area contributed by atoms with E-state index in [0.717, 1.165) is 54.7 Å². The molecule has 9 nitrogen and oxygen atoms in total. The van der Waals surface area contributed by atoms with Crippen LogP contribution in [0.2, 0.25) is 0 Å². The number of carbonyl (C=O) groups excluding carboxylic acids is 1. The fourth-order valence-corrected chi connectivity index (χ4v) is 5.20. The lowest BCUT2D eigenvalue weighted by molar-refractivity contribution is 0.1000. The van der Waals surface area contributed by atoms with Gasteiger partial charge in [0.2, 0.25) is 23.7 Å². The maximum atomic E-state index is 14.0. The number of pyridine rings is 1. The number of allylic oxidation sites excluding steroid dienone is 1. The van der Waals surface area contributed by atoms with Crippen LogP contribution < -0.4 is 15.8 Å². The third kappa shape index (κ3) is 7.39. The Bertz CT molecular complexity index is 1670. The van der Waals surface area contributed by atoms with Crippen LogP contribution in [0.5, 0.6) is 11.6 Å². The molecule has 3 heterocycles. The van der Waals surface area contributed by atoms with Crippen molar-refractivity contribution in [3.05, 3.63) is 101 Å². The molecule has 1 aliphatic rings. The van der Waals surface area contributed by atoms with Crippen molar-refractivity contribution in [3.63, 3.8) is 0 Å². The first-order valence-electron chi connectivity index (χ1n) is 14.0. The average Bonchev–Trinajstić information content (AvgIpc) is 2.99. The number of hydrogen-bond acceptors (Lipinski definition) is 8. The Kier molecular flexibility index (Phi) is 9.03. The van der Waals surface area contributed by atoms with Crippen molar-refractivity contribution in [2.45, 2.75) is 39.3 Å². The fraction of sp³-hybridized carbons (Fsp3) is 0.242. The molecule has 3 N–H and O–H groups in total. The first-order valence-corrected chi connectivity index (χ1v) is 14.0. The van der Waals surface area contributed by atoms with Crippen LogP contribution in [0, 0.1) is 31.1 Å². The van der Waals surface area contributed by atoms with Crippen LogP contribution in [0.1, 0.15) is 45.5 Å². The Morgan fingerprint density at radius 2 is 1.86 bits per heavy atom. The number of rotatable bonds is 9. The monoisotopic (exact) mass is 577 g/mol. The number of nitrogens with zero attached hydrogens (tertiary/aromatic N) is 5. The van der Waals surface area contributed by atoms with Gasteiger partial charge in [0.15, 0.2) is 0 Å². The van der Waals surface area contributed by atoms with Crippen molar-refractivity contribution in [1.82, 2.24) is 19.9 Å². The number of hydrogen-bond donors (Lipinski definition) is 2. The number of carbonyl (C=O) groups is 1. The van der Waals surface area contributed by atoms with E-state index in [9.17, 15) is 9.18 Å². The van der Waals surface area contributed by atoms with E-state index in [1.165, 1.54) is 18.3 Å². The van der Waals surface area contributed by atoms with E-state index in [1.807, 2.05) is 44.2 Å². The molecule has 1 fully saturated rings. The van der Waals surface area contributed by atoms with E-state index in [2.05, 4.69) is 20.2 Å². The summed E-state index contributed by atoms with van der Waals surface area (Å²) in [6.45, 7) is 6.42. The van der Waals surface area contributed by atoms with Gasteiger partial charge in [0.25, 0.3) is 0 Å². The van der Waals surface area contributed by atoms with Crippen molar-refractivity contribution in [1.29, 1.82) is 5.26 Å². The van der Waals surface area contributed by atoms with Crippen LogP contribution in [0.25, 0.3) is 17.2 Å². The van der Waals surface area contributed by atoms with Gasteiger partial charge in [-0.3, -0.25) is 9.69 Å². The van der Waals surface area contributed by atoms with Crippen LogP contribution in [0.4, 0.5) is 10.3 Å². The highest BCUT2D eigenvalue weighted by atomic mass is 19.1. The summed E-state index contributed by atoms with van der Waals surface area (Å²) < 4.78 is 20.4. The molecule has 0 bridgehead atoms. The van der Waals surface area contributed by atoms with Gasteiger partial charge in [-0.15, -0.1) is 0 Å². The molecule has 43 heavy (non-hydrogen) atoms. The minimum Gasteiger partial charge on any atom is -0.438 e. The summed E-state index contributed by atoms with van der Waals surface area (Å²) in [5.41, 5.74) is 10.7. The predicted molar refractivity (Wildman–Crippen MR) is 163 cm³/mol. The molecule has 0 spiro atoms. The second kappa shape index (κ2) is 13.2. The maximum Gasteiger partial charge on any atom is 0.248 e. The molecular weight excluding hydrogens is 545 g/mol. The molecule has 0 aliphatic carbocycles. The van der Waals surface area contributed by atoms with Crippen molar-refractivity contribution in [3.8, 4) is 28.8 Å². The minimum atomic E-state index is -0.609. The third-order valence-electron chi connectivity index (χ3n) is 7.39. The van der Waals surface area contributed by atoms with Crippen LogP contribution in [0.15, 0.2) is 67.0 Å². The number of anilines is 1. The van der Waals surface area contributed by atoms with Gasteiger partial charge < -0.3 is 15.8 Å². The number of ether oxygens (including phenoxy) is 1. The molecule has 1 saturated heterocycles. The number of nitriles is 1. The number of piperidine rings is 1. The number of halogens is 1. The highest BCUT2D eigenvalue weighted by molar-refractivity contribution is 5.92. The summed E-state index contributed by atoms with van der Waals surface area (Å²) in [6, 6.07) is 16.5. The second-order valence-electron chi connectivity index (χ2n) is 10.6.